The molecule has 0 unspecified atom stereocenters. The molecule has 0 spiro atoms. The van der Waals surface area contributed by atoms with Crippen molar-refractivity contribution < 1.29 is 9.53 Å². The largest absolute Gasteiger partial charge is 0.423 e. The fraction of sp³-hybridized carbons (Fsp3) is 0.0455. The van der Waals surface area contributed by atoms with Gasteiger partial charge in [0, 0.05) is 31.4 Å². The molecule has 5 aromatic heterocycles. The molecule has 0 fully saturated rings. The third-order valence-corrected chi connectivity index (χ3v) is 11.8. The molecule has 6 aromatic carbocycles. The number of ether oxygens (including phenoxy) is 1. The molecule has 296 valence electrons. The number of aromatic amines is 5. The van der Waals surface area contributed by atoms with Crippen molar-refractivity contribution in [1.82, 2.24) is 55.7 Å². The zero-order chi connectivity index (χ0) is 41.0. The van der Waals surface area contributed by atoms with E-state index in [-0.39, 0.29) is 0 Å². The van der Waals surface area contributed by atoms with Crippen molar-refractivity contribution in [3.63, 3.8) is 0 Å². The lowest BCUT2D eigenvalue weighted by Gasteiger charge is -2.28. The summed E-state index contributed by atoms with van der Waals surface area (Å²) >= 11 is 19.2. The zero-order valence-electron chi connectivity index (χ0n) is 31.3. The van der Waals surface area contributed by atoms with Crippen LogP contribution in [0.2, 0.25) is 15.1 Å². The van der Waals surface area contributed by atoms with Crippen molar-refractivity contribution in [1.29, 1.82) is 0 Å². The summed E-state index contributed by atoms with van der Waals surface area (Å²) in [5, 5.41) is 20.2. The first-order chi connectivity index (χ1) is 29.7. The van der Waals surface area contributed by atoms with Crippen molar-refractivity contribution in [3.05, 3.63) is 159 Å². The highest BCUT2D eigenvalue weighted by atomic mass is 35.5. The van der Waals surface area contributed by atoms with E-state index in [1.807, 2.05) is 53.5 Å². The molecule has 17 heteroatoms. The van der Waals surface area contributed by atoms with Crippen LogP contribution in [0.4, 0.5) is 5.69 Å². The topological polar surface area (TPSA) is 185 Å². The van der Waals surface area contributed by atoms with Crippen LogP contribution in [0.25, 0.3) is 66.4 Å². The van der Waals surface area contributed by atoms with Crippen LogP contribution in [0.1, 0.15) is 33.1 Å². The van der Waals surface area contributed by atoms with E-state index < -0.39 is 11.5 Å². The van der Waals surface area contributed by atoms with Crippen molar-refractivity contribution in [3.8, 4) is 17.3 Å². The highest BCUT2D eigenvalue weighted by Crippen LogP contribution is 2.47. The van der Waals surface area contributed by atoms with Gasteiger partial charge in [0.05, 0.1) is 68.1 Å². The van der Waals surface area contributed by atoms with Gasteiger partial charge >= 0.3 is 5.97 Å². The number of nitrogens with one attached hydrogen (secondary N) is 6. The predicted molar refractivity (Wildman–Crippen MR) is 235 cm³/mol. The van der Waals surface area contributed by atoms with Gasteiger partial charge in [0.15, 0.2) is 11.4 Å². The van der Waals surface area contributed by atoms with Crippen LogP contribution in [0.5, 0.6) is 5.75 Å². The van der Waals surface area contributed by atoms with Gasteiger partial charge in [0.1, 0.15) is 23.1 Å². The highest BCUT2D eigenvalue weighted by Gasteiger charge is 2.51. The first-order valence-corrected chi connectivity index (χ1v) is 20.2. The summed E-state index contributed by atoms with van der Waals surface area (Å²) in [4.78, 5) is 39.4. The molecule has 14 nitrogen and oxygen atoms in total. The molecule has 12 rings (SSSR count). The van der Waals surface area contributed by atoms with Gasteiger partial charge in [-0.05, 0) is 109 Å². The Morgan fingerprint density at radius 3 is 2.05 bits per heavy atom. The number of hydrogen-bond acceptors (Lipinski definition) is 9. The molecule has 6 heterocycles. The molecule has 11 aromatic rings. The monoisotopic (exact) mass is 860 g/mol. The number of nitrogens with zero attached hydrogens (tertiary/aromatic N) is 6. The number of carbonyl (C=O) groups excluding carboxylic acids is 1. The standard InChI is InChI=1S/C44H27Cl3N12O2/c45-24-3-9-32-35(15-24)50-40(49-32)39-28-14-22(2-8-31(28)56-57-39)41(60)61-27-6-12-38-29(18-27)44(42-51-33-10-4-25(46)16-36(33)53-42,43-52-34-11-5-26(47)17-37(34)54-43)58-59(38)20-21-1-7-30-23(13-21)19-48-55-30/h1-19,58H,20H2,(H,48,55)(H,49,50)(H,51,53)(H,52,54)(H,56,57). The van der Waals surface area contributed by atoms with Crippen molar-refractivity contribution in [2.24, 2.45) is 0 Å². The molecule has 0 saturated carbocycles. The molecule has 61 heavy (non-hydrogen) atoms. The number of benzene rings is 6. The Bertz CT molecular complexity index is 3500. The molecule has 1 aliphatic rings. The molecule has 0 aliphatic carbocycles. The molecule has 6 N–H and O–H groups in total. The van der Waals surface area contributed by atoms with E-state index in [1.54, 1.807) is 54.7 Å². The molecule has 0 atom stereocenters. The van der Waals surface area contributed by atoms with Gasteiger partial charge in [0.25, 0.3) is 0 Å². The van der Waals surface area contributed by atoms with Crippen LogP contribution in [0.15, 0.2) is 115 Å². The summed E-state index contributed by atoms with van der Waals surface area (Å²) in [6.07, 6.45) is 1.80. The van der Waals surface area contributed by atoms with Gasteiger partial charge < -0.3 is 24.7 Å². The number of anilines is 1. The van der Waals surface area contributed by atoms with Gasteiger partial charge in [-0.25, -0.2) is 25.2 Å². The van der Waals surface area contributed by atoms with Crippen LogP contribution >= 0.6 is 34.8 Å². The lowest BCUT2D eigenvalue weighted by atomic mass is 9.88. The van der Waals surface area contributed by atoms with Gasteiger partial charge in [-0.2, -0.15) is 10.2 Å². The zero-order valence-corrected chi connectivity index (χ0v) is 33.6. The van der Waals surface area contributed by atoms with Crippen LogP contribution < -0.4 is 15.2 Å². The molecule has 0 bridgehead atoms. The minimum absolute atomic E-state index is 0.302. The summed E-state index contributed by atoms with van der Waals surface area (Å²) in [7, 11) is 0. The van der Waals surface area contributed by atoms with Crippen molar-refractivity contribution in [2.45, 2.75) is 12.1 Å². The number of carbonyl (C=O) groups is 1. The Balaban J connectivity index is 0.982. The number of hydrazine groups is 1. The number of hydrogen-bond donors (Lipinski definition) is 6. The Hall–Kier alpha value is -7.23. The van der Waals surface area contributed by atoms with E-state index in [9.17, 15) is 4.79 Å². The number of rotatable bonds is 7. The average Bonchev–Trinajstić information content (AvgIpc) is 4.12. The maximum absolute atomic E-state index is 14.1. The predicted octanol–water partition coefficient (Wildman–Crippen LogP) is 9.73. The summed E-state index contributed by atoms with van der Waals surface area (Å²) in [5.74, 6) is 1.32. The lowest BCUT2D eigenvalue weighted by Crippen LogP contribution is -2.48. The van der Waals surface area contributed by atoms with Gasteiger partial charge in [-0.15, -0.1) is 0 Å². The minimum atomic E-state index is -1.27. The van der Waals surface area contributed by atoms with Crippen molar-refractivity contribution >= 4 is 101 Å². The minimum Gasteiger partial charge on any atom is -0.423 e. The Morgan fingerprint density at radius 2 is 1.33 bits per heavy atom. The lowest BCUT2D eigenvalue weighted by molar-refractivity contribution is 0.0734. The first-order valence-electron chi connectivity index (χ1n) is 19.0. The third-order valence-electron chi connectivity index (χ3n) is 11.1. The maximum atomic E-state index is 14.1. The first kappa shape index (κ1) is 35.7. The SMILES string of the molecule is O=C(Oc1ccc2c(c1)C(c1nc3ccc(Cl)cc3[nH]1)(c1nc3ccc(Cl)cc3[nH]1)NN2Cc1ccc2[nH]ncc2c1)c1ccc2[nH]nc(-c3nc4ccc(Cl)cc4[nH]3)c2c1. The number of halogens is 3. The Kier molecular flexibility index (Phi) is 7.84. The number of esters is 1. The molecule has 0 saturated heterocycles. The average molecular weight is 862 g/mol. The van der Waals surface area contributed by atoms with Gasteiger partial charge in [-0.1, -0.05) is 40.9 Å². The third kappa shape index (κ3) is 5.83. The summed E-state index contributed by atoms with van der Waals surface area (Å²) in [6.45, 7) is 0.443. The van der Waals surface area contributed by atoms with E-state index in [4.69, 9.17) is 54.5 Å². The second-order valence-electron chi connectivity index (χ2n) is 14.9. The summed E-state index contributed by atoms with van der Waals surface area (Å²) in [6, 6.07) is 33.3. The summed E-state index contributed by atoms with van der Waals surface area (Å²) in [5.41, 5.74) is 12.0. The summed E-state index contributed by atoms with van der Waals surface area (Å²) < 4.78 is 6.20. The van der Waals surface area contributed by atoms with Gasteiger partial charge in [-0.3, -0.25) is 10.2 Å². The van der Waals surface area contributed by atoms with E-state index in [2.05, 4.69) is 52.9 Å². The fourth-order valence-corrected chi connectivity index (χ4v) is 8.72. The normalized spacial score (nSPS) is 13.7. The second-order valence-corrected chi connectivity index (χ2v) is 16.2. The van der Waals surface area contributed by atoms with Gasteiger partial charge in [0.2, 0.25) is 0 Å². The molecule has 1 aliphatic heterocycles. The van der Waals surface area contributed by atoms with Crippen LogP contribution in [0.3, 0.4) is 0 Å². The Labute approximate surface area is 358 Å². The second kappa shape index (κ2) is 13.4. The number of fused-ring (bicyclic) bond motifs is 6. The fourth-order valence-electron chi connectivity index (χ4n) is 8.21. The smallest absolute Gasteiger partial charge is 0.343 e. The molecular weight excluding hydrogens is 835 g/mol. The van der Waals surface area contributed by atoms with E-state index in [0.717, 1.165) is 55.3 Å². The van der Waals surface area contributed by atoms with Crippen molar-refractivity contribution in [2.75, 3.05) is 5.01 Å². The quantitative estimate of drug-likeness (QED) is 0.0671. The van der Waals surface area contributed by atoms with E-state index in [1.165, 1.54) is 0 Å². The van der Waals surface area contributed by atoms with Crippen LogP contribution in [-0.4, -0.2) is 56.3 Å². The molecular formula is C44H27Cl3N12O2. The number of H-pyrrole nitrogens is 5. The Morgan fingerprint density at radius 1 is 0.656 bits per heavy atom. The van der Waals surface area contributed by atoms with E-state index in [0.29, 0.717) is 72.5 Å². The van der Waals surface area contributed by atoms with Crippen LogP contribution in [0, 0.1) is 0 Å². The molecule has 0 amide bonds. The van der Waals surface area contributed by atoms with Crippen LogP contribution in [-0.2, 0) is 12.1 Å². The number of aromatic nitrogens is 10. The highest BCUT2D eigenvalue weighted by molar-refractivity contribution is 6.32. The number of imidazole rings is 3. The van der Waals surface area contributed by atoms with E-state index >= 15 is 0 Å². The molecule has 0 radical (unpaired) electrons. The maximum Gasteiger partial charge on any atom is 0.343 e.